The van der Waals surface area contributed by atoms with Crippen molar-refractivity contribution in [3.8, 4) is 0 Å². The molecule has 2 aliphatic heterocycles. The van der Waals surface area contributed by atoms with Crippen LogP contribution in [-0.2, 0) is 16.1 Å². The van der Waals surface area contributed by atoms with Crippen LogP contribution in [0.2, 0.25) is 0 Å². The molecule has 0 aliphatic carbocycles. The molecular formula is C24H27N4O3+. The van der Waals surface area contributed by atoms with E-state index < -0.39 is 23.8 Å². The maximum absolute atomic E-state index is 13.0. The topological polar surface area (TPSA) is 83.3 Å². The zero-order valence-corrected chi connectivity index (χ0v) is 17.6. The van der Waals surface area contributed by atoms with E-state index in [1.165, 1.54) is 10.5 Å². The summed E-state index contributed by atoms with van der Waals surface area (Å²) in [7, 11) is 0. The number of hydrogen-bond donors (Lipinski definition) is 2. The van der Waals surface area contributed by atoms with Gasteiger partial charge in [-0.1, -0.05) is 48.5 Å². The number of likely N-dealkylation sites (tertiary alicyclic amines) is 1. The fraction of sp³-hybridized carbons (Fsp3) is 0.333. The molecule has 31 heavy (non-hydrogen) atoms. The lowest BCUT2D eigenvalue weighted by molar-refractivity contribution is -0.918. The van der Waals surface area contributed by atoms with Crippen molar-refractivity contribution in [3.63, 3.8) is 0 Å². The van der Waals surface area contributed by atoms with Gasteiger partial charge in [-0.15, -0.1) is 0 Å². The van der Waals surface area contributed by atoms with Gasteiger partial charge in [0.2, 0.25) is 5.91 Å². The minimum Gasteiger partial charge on any atom is -0.331 e. The van der Waals surface area contributed by atoms with Gasteiger partial charge in [-0.2, -0.15) is 0 Å². The molecule has 2 N–H and O–H groups in total. The number of imide groups is 2. The molecule has 2 aromatic carbocycles. The predicted octanol–water partition coefficient (Wildman–Crippen LogP) is 1.59. The van der Waals surface area contributed by atoms with E-state index in [2.05, 4.69) is 29.6 Å². The summed E-state index contributed by atoms with van der Waals surface area (Å²) in [5.41, 5.74) is 2.23. The van der Waals surface area contributed by atoms with Crippen molar-refractivity contribution in [2.24, 2.45) is 10.9 Å². The van der Waals surface area contributed by atoms with Crippen LogP contribution < -0.4 is 15.1 Å². The summed E-state index contributed by atoms with van der Waals surface area (Å²) in [6.07, 6.45) is 1.81. The van der Waals surface area contributed by atoms with Gasteiger partial charge in [-0.05, 0) is 19.1 Å². The van der Waals surface area contributed by atoms with Crippen LogP contribution in [0.25, 0.3) is 0 Å². The quantitative estimate of drug-likeness (QED) is 0.570. The summed E-state index contributed by atoms with van der Waals surface area (Å²) in [6, 6.07) is 18.4. The fourth-order valence-corrected chi connectivity index (χ4v) is 4.33. The number of rotatable bonds is 5. The Labute approximate surface area is 181 Å². The van der Waals surface area contributed by atoms with Gasteiger partial charge in [0.1, 0.15) is 6.54 Å². The molecule has 160 valence electrons. The van der Waals surface area contributed by atoms with Gasteiger partial charge in [-0.25, -0.2) is 9.69 Å². The first-order valence-electron chi connectivity index (χ1n) is 10.7. The summed E-state index contributed by atoms with van der Waals surface area (Å²) in [6.45, 7) is 4.70. The van der Waals surface area contributed by atoms with Gasteiger partial charge in [0.25, 0.3) is 5.91 Å². The van der Waals surface area contributed by atoms with Crippen LogP contribution in [0, 0.1) is 5.92 Å². The van der Waals surface area contributed by atoms with Gasteiger partial charge in [0.15, 0.2) is 5.92 Å². The largest absolute Gasteiger partial charge is 0.335 e. The van der Waals surface area contributed by atoms with E-state index in [0.29, 0.717) is 11.4 Å². The lowest BCUT2D eigenvalue weighted by Crippen LogP contribution is -3.12. The molecule has 0 bridgehead atoms. The Kier molecular flexibility index (Phi) is 6.23. The molecule has 7 heteroatoms. The number of para-hydroxylation sites is 1. The van der Waals surface area contributed by atoms with Gasteiger partial charge < -0.3 is 4.90 Å². The number of carbonyl (C=O) groups excluding carboxylic acids is 3. The Morgan fingerprint density at radius 1 is 1.00 bits per heavy atom. The number of aliphatic imine (C=N–C) groups is 1. The summed E-state index contributed by atoms with van der Waals surface area (Å²) in [5.74, 6) is -2.23. The third kappa shape index (κ3) is 4.72. The van der Waals surface area contributed by atoms with E-state index in [0.717, 1.165) is 37.4 Å². The zero-order valence-electron chi connectivity index (χ0n) is 17.6. The second kappa shape index (κ2) is 9.22. The maximum Gasteiger partial charge on any atom is 0.335 e. The van der Waals surface area contributed by atoms with Crippen LogP contribution in [0.15, 0.2) is 65.7 Å². The van der Waals surface area contributed by atoms with Gasteiger partial charge >= 0.3 is 6.03 Å². The van der Waals surface area contributed by atoms with Gasteiger partial charge in [-0.3, -0.25) is 19.9 Å². The normalized spacial score (nSPS) is 24.8. The van der Waals surface area contributed by atoms with Crippen molar-refractivity contribution in [2.45, 2.75) is 32.4 Å². The van der Waals surface area contributed by atoms with Crippen LogP contribution in [0.3, 0.4) is 0 Å². The molecular weight excluding hydrogens is 392 g/mol. The molecule has 2 heterocycles. The number of benzene rings is 2. The first-order chi connectivity index (χ1) is 15.0. The number of carbonyl (C=O) groups is 3. The molecule has 2 fully saturated rings. The molecule has 0 spiro atoms. The van der Waals surface area contributed by atoms with Crippen molar-refractivity contribution in [1.82, 2.24) is 5.32 Å². The molecule has 4 amide bonds. The Bertz CT molecular complexity index is 982. The second-order valence-corrected chi connectivity index (χ2v) is 8.15. The van der Waals surface area contributed by atoms with Crippen LogP contribution in [0.4, 0.5) is 10.5 Å². The molecule has 1 atom stereocenters. The molecule has 2 aliphatic rings. The smallest absolute Gasteiger partial charge is 0.331 e. The number of nitrogens with one attached hydrogen (secondary N) is 2. The Morgan fingerprint density at radius 3 is 2.26 bits per heavy atom. The Morgan fingerprint density at radius 2 is 1.61 bits per heavy atom. The number of quaternary nitrogens is 1. The van der Waals surface area contributed by atoms with Crippen LogP contribution in [-0.4, -0.2) is 42.7 Å². The van der Waals surface area contributed by atoms with E-state index in [-0.39, 0.29) is 6.04 Å². The van der Waals surface area contributed by atoms with Crippen molar-refractivity contribution < 1.29 is 19.3 Å². The van der Waals surface area contributed by atoms with E-state index >= 15 is 0 Å². The van der Waals surface area contributed by atoms with Crippen LogP contribution in [0.5, 0.6) is 0 Å². The SMILES string of the molecule is CC(=NC1CC[NH+](Cc2ccccc2)CC1)C1C(=O)NC(=O)N(c2ccccc2)C1=O. The average Bonchev–Trinajstić information content (AvgIpc) is 2.76. The van der Waals surface area contributed by atoms with Crippen molar-refractivity contribution in [3.05, 3.63) is 66.2 Å². The number of hydrogen-bond acceptors (Lipinski definition) is 4. The first kappa shape index (κ1) is 20.9. The van der Waals surface area contributed by atoms with Crippen molar-refractivity contribution >= 4 is 29.2 Å². The lowest BCUT2D eigenvalue weighted by atomic mass is 9.97. The Balaban J connectivity index is 1.42. The number of piperidine rings is 1. The monoisotopic (exact) mass is 419 g/mol. The molecule has 0 saturated carbocycles. The van der Waals surface area contributed by atoms with Gasteiger partial charge in [0.05, 0.1) is 24.8 Å². The first-order valence-corrected chi connectivity index (χ1v) is 10.7. The van der Waals surface area contributed by atoms with Crippen LogP contribution >= 0.6 is 0 Å². The molecule has 2 aromatic rings. The molecule has 0 aromatic heterocycles. The maximum atomic E-state index is 13.0. The van der Waals surface area contributed by atoms with Crippen molar-refractivity contribution in [1.29, 1.82) is 0 Å². The Hall–Kier alpha value is -3.32. The highest BCUT2D eigenvalue weighted by atomic mass is 16.2. The number of nitrogens with zero attached hydrogens (tertiary/aromatic N) is 2. The number of barbiturate groups is 1. The number of amides is 4. The number of anilines is 1. The highest BCUT2D eigenvalue weighted by molar-refractivity contribution is 6.35. The third-order valence-corrected chi connectivity index (χ3v) is 5.94. The predicted molar refractivity (Wildman–Crippen MR) is 118 cm³/mol. The highest BCUT2D eigenvalue weighted by Gasteiger charge is 2.43. The average molecular weight is 420 g/mol. The van der Waals surface area contributed by atoms with Crippen LogP contribution in [0.1, 0.15) is 25.3 Å². The summed E-state index contributed by atoms with van der Waals surface area (Å²) < 4.78 is 0. The van der Waals surface area contributed by atoms with Gasteiger partial charge in [0, 0.05) is 24.1 Å². The van der Waals surface area contributed by atoms with Crippen molar-refractivity contribution in [2.75, 3.05) is 18.0 Å². The standard InChI is InChI=1S/C24H26N4O3/c1-17(25-19-12-14-27(15-13-19)16-18-8-4-2-5-9-18)21-22(29)26-24(31)28(23(21)30)20-10-6-3-7-11-20/h2-11,19,21H,12-16H2,1H3,(H,26,29,31)/p+1. The highest BCUT2D eigenvalue weighted by Crippen LogP contribution is 2.22. The molecule has 1 unspecified atom stereocenters. The summed E-state index contributed by atoms with van der Waals surface area (Å²) >= 11 is 0. The molecule has 7 nitrogen and oxygen atoms in total. The summed E-state index contributed by atoms with van der Waals surface area (Å²) in [4.78, 5) is 45.1. The molecule has 2 saturated heterocycles. The fourth-order valence-electron chi connectivity index (χ4n) is 4.33. The summed E-state index contributed by atoms with van der Waals surface area (Å²) in [5, 5.41) is 2.30. The lowest BCUT2D eigenvalue weighted by Gasteiger charge is -2.31. The molecule has 0 radical (unpaired) electrons. The molecule has 4 rings (SSSR count). The third-order valence-electron chi connectivity index (χ3n) is 5.94. The van der Waals surface area contributed by atoms with E-state index in [1.807, 2.05) is 6.07 Å². The number of urea groups is 1. The zero-order chi connectivity index (χ0) is 21.8. The van der Waals surface area contributed by atoms with E-state index in [4.69, 9.17) is 4.99 Å². The second-order valence-electron chi connectivity index (χ2n) is 8.15. The van der Waals surface area contributed by atoms with E-state index in [1.54, 1.807) is 37.3 Å². The van der Waals surface area contributed by atoms with E-state index in [9.17, 15) is 14.4 Å². The minimum absolute atomic E-state index is 0.0860. The minimum atomic E-state index is -1.08.